The number of fused-ring (bicyclic) bond motifs is 4. The van der Waals surface area contributed by atoms with Crippen molar-refractivity contribution in [2.45, 2.75) is 39.3 Å². The van der Waals surface area contributed by atoms with Crippen LogP contribution in [0, 0.1) is 13.8 Å². The molecule has 2 aliphatic rings. The minimum Gasteiger partial charge on any atom is -0.504 e. The van der Waals surface area contributed by atoms with Gasteiger partial charge in [-0.2, -0.15) is 0 Å². The molecule has 0 fully saturated rings. The van der Waals surface area contributed by atoms with E-state index in [9.17, 15) is 5.11 Å². The minimum atomic E-state index is 0.257. The fraction of sp³-hybridized carbons (Fsp3) is 0.444. The maximum Gasteiger partial charge on any atom is 0.160 e. The van der Waals surface area contributed by atoms with Crippen molar-refractivity contribution >= 4 is 11.3 Å². The highest BCUT2D eigenvalue weighted by Crippen LogP contribution is 2.44. The van der Waals surface area contributed by atoms with Crippen LogP contribution in [0.15, 0.2) is 12.1 Å². The molecule has 0 saturated heterocycles. The lowest BCUT2D eigenvalue weighted by Gasteiger charge is -2.40. The van der Waals surface area contributed by atoms with Gasteiger partial charge >= 0.3 is 0 Å². The Balaban J connectivity index is 1.78. The maximum atomic E-state index is 10.2. The van der Waals surface area contributed by atoms with Gasteiger partial charge in [-0.25, -0.2) is 0 Å². The second-order valence-electron chi connectivity index (χ2n) is 6.35. The van der Waals surface area contributed by atoms with Gasteiger partial charge in [0.2, 0.25) is 0 Å². The van der Waals surface area contributed by atoms with Gasteiger partial charge in [0.15, 0.2) is 11.5 Å². The maximum absolute atomic E-state index is 10.2. The van der Waals surface area contributed by atoms with Crippen molar-refractivity contribution in [2.24, 2.45) is 0 Å². The van der Waals surface area contributed by atoms with E-state index in [2.05, 4.69) is 18.7 Å². The highest BCUT2D eigenvalue weighted by molar-refractivity contribution is 7.12. The number of aryl methyl sites for hydroxylation is 1. The van der Waals surface area contributed by atoms with Gasteiger partial charge < -0.3 is 9.84 Å². The van der Waals surface area contributed by atoms with Crippen molar-refractivity contribution in [1.29, 1.82) is 0 Å². The molecule has 1 aromatic heterocycles. The Kier molecular flexibility index (Phi) is 3.20. The summed E-state index contributed by atoms with van der Waals surface area (Å²) in [5.41, 5.74) is 5.62. The van der Waals surface area contributed by atoms with Gasteiger partial charge in [-0.1, -0.05) is 0 Å². The van der Waals surface area contributed by atoms with E-state index >= 15 is 0 Å². The third kappa shape index (κ3) is 1.97. The molecule has 116 valence electrons. The largest absolute Gasteiger partial charge is 0.504 e. The summed E-state index contributed by atoms with van der Waals surface area (Å²) < 4.78 is 5.26. The van der Waals surface area contributed by atoms with Gasteiger partial charge in [0.05, 0.1) is 7.11 Å². The lowest BCUT2D eigenvalue weighted by molar-refractivity contribution is 0.161. The first-order valence-corrected chi connectivity index (χ1v) is 8.61. The average molecular weight is 315 g/mol. The van der Waals surface area contributed by atoms with E-state index in [0.717, 1.165) is 25.9 Å². The average Bonchev–Trinajstić information content (AvgIpc) is 2.79. The first kappa shape index (κ1) is 14.1. The summed E-state index contributed by atoms with van der Waals surface area (Å²) in [6.45, 7) is 6.60. The Morgan fingerprint density at radius 1 is 1.32 bits per heavy atom. The van der Waals surface area contributed by atoms with Crippen molar-refractivity contribution in [1.82, 2.24) is 4.90 Å². The van der Waals surface area contributed by atoms with Crippen LogP contribution in [0.5, 0.6) is 11.5 Å². The van der Waals surface area contributed by atoms with E-state index < -0.39 is 0 Å². The van der Waals surface area contributed by atoms with E-state index in [1.54, 1.807) is 12.7 Å². The zero-order valence-electron chi connectivity index (χ0n) is 13.3. The summed E-state index contributed by atoms with van der Waals surface area (Å²) in [5.74, 6) is 0.846. The molecule has 0 aliphatic carbocycles. The summed E-state index contributed by atoms with van der Waals surface area (Å²) in [7, 11) is 1.61. The number of nitrogens with zero attached hydrogens (tertiary/aromatic N) is 1. The molecule has 0 spiro atoms. The summed E-state index contributed by atoms with van der Waals surface area (Å²) in [5, 5.41) is 10.2. The van der Waals surface area contributed by atoms with Crippen molar-refractivity contribution in [3.63, 3.8) is 0 Å². The van der Waals surface area contributed by atoms with E-state index in [1.165, 1.54) is 26.4 Å². The van der Waals surface area contributed by atoms with Gasteiger partial charge in [-0.15, -0.1) is 11.3 Å². The van der Waals surface area contributed by atoms with E-state index in [4.69, 9.17) is 4.74 Å². The van der Waals surface area contributed by atoms with Crippen LogP contribution in [0.3, 0.4) is 0 Å². The van der Waals surface area contributed by atoms with Crippen LogP contribution < -0.4 is 4.74 Å². The first-order chi connectivity index (χ1) is 10.6. The van der Waals surface area contributed by atoms with Gasteiger partial charge in [0.1, 0.15) is 0 Å². The Hall–Kier alpha value is -1.52. The van der Waals surface area contributed by atoms with Gasteiger partial charge in [0.25, 0.3) is 0 Å². The second-order valence-corrected chi connectivity index (χ2v) is 7.66. The van der Waals surface area contributed by atoms with E-state index in [1.807, 2.05) is 23.5 Å². The van der Waals surface area contributed by atoms with Crippen LogP contribution in [-0.4, -0.2) is 23.7 Å². The summed E-state index contributed by atoms with van der Waals surface area (Å²) >= 11 is 1.95. The lowest BCUT2D eigenvalue weighted by Crippen LogP contribution is -2.39. The van der Waals surface area contributed by atoms with Gasteiger partial charge in [-0.05, 0) is 54.7 Å². The molecule has 2 aromatic rings. The van der Waals surface area contributed by atoms with Crippen LogP contribution in [0.1, 0.15) is 38.0 Å². The van der Waals surface area contributed by atoms with Crippen LogP contribution in [-0.2, 0) is 19.4 Å². The summed E-state index contributed by atoms with van der Waals surface area (Å²) in [6, 6.07) is 4.33. The van der Waals surface area contributed by atoms with E-state index in [0.29, 0.717) is 11.8 Å². The number of rotatable bonds is 1. The Morgan fingerprint density at radius 2 is 2.14 bits per heavy atom. The zero-order chi connectivity index (χ0) is 15.4. The zero-order valence-corrected chi connectivity index (χ0v) is 14.1. The molecule has 2 aliphatic heterocycles. The lowest BCUT2D eigenvalue weighted by atomic mass is 9.86. The van der Waals surface area contributed by atoms with Crippen LogP contribution in [0.25, 0.3) is 0 Å². The number of phenols is 1. The van der Waals surface area contributed by atoms with Crippen LogP contribution in [0.2, 0.25) is 0 Å². The van der Waals surface area contributed by atoms with Crippen LogP contribution in [0.4, 0.5) is 0 Å². The standard InChI is InChI=1S/C18H21NO2S/c1-10-11(2)22-18-8-15-13-7-16(20)17(21-3)6-12(13)4-5-19(15)9-14(10)18/h6-7,15,20H,4-5,8-9H2,1-3H3. The van der Waals surface area contributed by atoms with Crippen molar-refractivity contribution in [2.75, 3.05) is 13.7 Å². The van der Waals surface area contributed by atoms with E-state index in [-0.39, 0.29) is 5.75 Å². The second kappa shape index (κ2) is 5.00. The predicted octanol–water partition coefficient (Wildman–Crippen LogP) is 3.73. The molecular weight excluding hydrogens is 294 g/mol. The fourth-order valence-electron chi connectivity index (χ4n) is 3.86. The van der Waals surface area contributed by atoms with Crippen molar-refractivity contribution < 1.29 is 9.84 Å². The Morgan fingerprint density at radius 3 is 2.91 bits per heavy atom. The number of thiophene rings is 1. The summed E-state index contributed by atoms with van der Waals surface area (Å²) in [4.78, 5) is 5.54. The highest BCUT2D eigenvalue weighted by atomic mass is 32.1. The molecule has 0 radical (unpaired) electrons. The first-order valence-electron chi connectivity index (χ1n) is 7.80. The van der Waals surface area contributed by atoms with Crippen LogP contribution >= 0.6 is 11.3 Å². The molecule has 3 heterocycles. The molecule has 1 aromatic carbocycles. The number of aromatic hydroxyl groups is 1. The molecular formula is C18H21NO2S. The third-order valence-corrected chi connectivity index (χ3v) is 6.51. The predicted molar refractivity (Wildman–Crippen MR) is 89.0 cm³/mol. The van der Waals surface area contributed by atoms with Crippen molar-refractivity contribution in [3.05, 3.63) is 44.1 Å². The quantitative estimate of drug-likeness (QED) is 0.870. The Labute approximate surface area is 135 Å². The molecule has 1 N–H and O–H groups in total. The molecule has 4 rings (SSSR count). The monoisotopic (exact) mass is 315 g/mol. The molecule has 22 heavy (non-hydrogen) atoms. The van der Waals surface area contributed by atoms with Gasteiger partial charge in [0, 0.05) is 35.3 Å². The molecule has 0 saturated carbocycles. The molecule has 4 heteroatoms. The topological polar surface area (TPSA) is 32.7 Å². The molecule has 3 nitrogen and oxygen atoms in total. The third-order valence-electron chi connectivity index (χ3n) is 5.24. The summed E-state index contributed by atoms with van der Waals surface area (Å²) in [6.07, 6.45) is 2.09. The molecule has 0 amide bonds. The Bertz CT molecular complexity index is 750. The number of hydrogen-bond donors (Lipinski definition) is 1. The van der Waals surface area contributed by atoms with Crippen molar-refractivity contribution in [3.8, 4) is 11.5 Å². The number of benzene rings is 1. The smallest absolute Gasteiger partial charge is 0.160 e. The molecule has 1 atom stereocenters. The fourth-order valence-corrected chi connectivity index (χ4v) is 5.08. The number of phenolic OH excluding ortho intramolecular Hbond substituents is 1. The number of ether oxygens (including phenoxy) is 1. The molecule has 1 unspecified atom stereocenters. The minimum absolute atomic E-state index is 0.257. The number of hydrogen-bond acceptors (Lipinski definition) is 4. The molecule has 0 bridgehead atoms. The van der Waals surface area contributed by atoms with Gasteiger partial charge in [-0.3, -0.25) is 4.90 Å². The highest BCUT2D eigenvalue weighted by Gasteiger charge is 2.34. The number of methoxy groups -OCH3 is 1. The normalized spacial score (nSPS) is 20.2. The SMILES string of the molecule is COc1cc2c(cc1O)C1Cc3sc(C)c(C)c3CN1CC2.